The number of rotatable bonds is 3. The van der Waals surface area contributed by atoms with E-state index in [4.69, 9.17) is 5.84 Å². The monoisotopic (exact) mass is 241 g/mol. The smallest absolute Gasteiger partial charge is 0.277 e. The molecular weight excluding hydrogens is 236 g/mol. The molecule has 0 spiro atoms. The molecule has 1 aromatic carbocycles. The molecule has 90 valence electrons. The van der Waals surface area contributed by atoms with Gasteiger partial charge in [-0.15, -0.1) is 0 Å². The normalized spacial score (nSPS) is 9.71. The molecule has 10 nitrogen and oxygen atoms in total. The zero-order valence-electron chi connectivity index (χ0n) is 8.08. The Balaban J connectivity index is 3.54. The minimum absolute atomic E-state index is 0.482. The summed E-state index contributed by atoms with van der Waals surface area (Å²) < 4.78 is 0. The average molecular weight is 241 g/mol. The van der Waals surface area contributed by atoms with E-state index in [0.29, 0.717) is 12.1 Å². The van der Waals surface area contributed by atoms with Crippen LogP contribution in [0.5, 0.6) is 5.75 Å². The highest BCUT2D eigenvalue weighted by atomic mass is 16.6. The van der Waals surface area contributed by atoms with Crippen molar-refractivity contribution in [1.29, 1.82) is 0 Å². The SMILES string of the molecule is NNC(=O)c1cc([N+](=O)[O-])cc([N+](=O)[O-])c1[O-]. The van der Waals surface area contributed by atoms with Gasteiger partial charge in [0.1, 0.15) is 0 Å². The van der Waals surface area contributed by atoms with Crippen LogP contribution in [0.1, 0.15) is 10.4 Å². The number of nitrogens with two attached hydrogens (primary N) is 1. The maximum Gasteiger partial charge on any atom is 0.277 e. The fraction of sp³-hybridized carbons (Fsp3) is 0. The van der Waals surface area contributed by atoms with Gasteiger partial charge in [-0.3, -0.25) is 30.4 Å². The number of nitro benzene ring substituents is 2. The quantitative estimate of drug-likeness (QED) is 0.302. The molecule has 0 heterocycles. The van der Waals surface area contributed by atoms with E-state index >= 15 is 0 Å². The number of nitrogens with zero attached hydrogens (tertiary/aromatic N) is 2. The number of hydrazine groups is 1. The molecule has 0 aliphatic carbocycles. The first-order valence-corrected chi connectivity index (χ1v) is 4.03. The van der Waals surface area contributed by atoms with Crippen LogP contribution in [0.2, 0.25) is 0 Å². The van der Waals surface area contributed by atoms with Gasteiger partial charge in [0.15, 0.2) is 0 Å². The maximum atomic E-state index is 11.4. The summed E-state index contributed by atoms with van der Waals surface area (Å²) in [6.45, 7) is 0. The maximum absolute atomic E-state index is 11.4. The second-order valence-electron chi connectivity index (χ2n) is 2.83. The van der Waals surface area contributed by atoms with Gasteiger partial charge in [-0.2, -0.15) is 0 Å². The van der Waals surface area contributed by atoms with Crippen molar-refractivity contribution < 1.29 is 19.7 Å². The van der Waals surface area contributed by atoms with Gasteiger partial charge in [-0.1, -0.05) is 0 Å². The van der Waals surface area contributed by atoms with Crippen molar-refractivity contribution in [3.63, 3.8) is 0 Å². The number of carbonyl (C=O) groups is 1. The Morgan fingerprint density at radius 3 is 2.24 bits per heavy atom. The molecule has 17 heavy (non-hydrogen) atoms. The standard InChI is InChI=1S/C7H6N4O6/c8-9-7(13)4-1-3(10(14)15)2-5(6(4)12)11(16)17/h1-2,12H,8H2,(H,9,13)/p-1. The van der Waals surface area contributed by atoms with Crippen molar-refractivity contribution >= 4 is 17.3 Å². The topological polar surface area (TPSA) is 164 Å². The van der Waals surface area contributed by atoms with E-state index in [1.165, 1.54) is 0 Å². The summed E-state index contributed by atoms with van der Waals surface area (Å²) in [5.41, 5.74) is -0.984. The highest BCUT2D eigenvalue weighted by Gasteiger charge is 2.21. The number of benzene rings is 1. The predicted molar refractivity (Wildman–Crippen MR) is 50.9 cm³/mol. The Morgan fingerprint density at radius 1 is 1.24 bits per heavy atom. The number of amides is 1. The number of nitrogen functional groups attached to an aromatic ring is 1. The minimum Gasteiger partial charge on any atom is -0.867 e. The lowest BCUT2D eigenvalue weighted by Gasteiger charge is -2.11. The molecule has 0 aromatic heterocycles. The van der Waals surface area contributed by atoms with Gasteiger partial charge in [0, 0.05) is 11.6 Å². The van der Waals surface area contributed by atoms with Gasteiger partial charge in [-0.25, -0.2) is 5.84 Å². The number of non-ortho nitro benzene ring substituents is 1. The fourth-order valence-electron chi connectivity index (χ4n) is 1.09. The molecule has 1 rings (SSSR count). The number of nitro groups is 2. The van der Waals surface area contributed by atoms with E-state index in [1.807, 2.05) is 0 Å². The van der Waals surface area contributed by atoms with Crippen molar-refractivity contribution in [2.24, 2.45) is 5.84 Å². The van der Waals surface area contributed by atoms with Crippen molar-refractivity contribution in [3.05, 3.63) is 37.9 Å². The van der Waals surface area contributed by atoms with Gasteiger partial charge < -0.3 is 5.11 Å². The molecule has 0 aliphatic heterocycles. The summed E-state index contributed by atoms with van der Waals surface area (Å²) in [5.74, 6) is 2.38. The zero-order valence-corrected chi connectivity index (χ0v) is 8.08. The first kappa shape index (κ1) is 12.3. The third-order valence-corrected chi connectivity index (χ3v) is 1.84. The van der Waals surface area contributed by atoms with Gasteiger partial charge in [0.25, 0.3) is 17.3 Å². The summed E-state index contributed by atoms with van der Waals surface area (Å²) in [4.78, 5) is 30.0. The fourth-order valence-corrected chi connectivity index (χ4v) is 1.09. The van der Waals surface area contributed by atoms with Crippen LogP contribution in [-0.4, -0.2) is 15.8 Å². The molecule has 0 saturated carbocycles. The largest absolute Gasteiger partial charge is 0.867 e. The van der Waals surface area contributed by atoms with Crippen LogP contribution in [-0.2, 0) is 0 Å². The summed E-state index contributed by atoms with van der Waals surface area (Å²) in [7, 11) is 0. The van der Waals surface area contributed by atoms with Crippen molar-refractivity contribution in [2.45, 2.75) is 0 Å². The first-order chi connectivity index (χ1) is 7.88. The van der Waals surface area contributed by atoms with Crippen LogP contribution in [0.4, 0.5) is 11.4 Å². The van der Waals surface area contributed by atoms with Crippen molar-refractivity contribution in [3.8, 4) is 5.75 Å². The van der Waals surface area contributed by atoms with Crippen LogP contribution >= 0.6 is 0 Å². The van der Waals surface area contributed by atoms with Crippen molar-refractivity contribution in [1.82, 2.24) is 5.43 Å². The molecule has 1 aromatic rings. The Hall–Kier alpha value is -2.75. The van der Waals surface area contributed by atoms with E-state index in [-0.39, 0.29) is 0 Å². The molecule has 0 radical (unpaired) electrons. The van der Waals surface area contributed by atoms with Gasteiger partial charge in [0.2, 0.25) is 0 Å². The number of nitrogens with one attached hydrogen (secondary N) is 1. The summed E-state index contributed by atoms with van der Waals surface area (Å²) in [6, 6.07) is 1.10. The molecule has 10 heteroatoms. The lowest BCUT2D eigenvalue weighted by molar-refractivity contribution is -0.403. The molecule has 0 aliphatic rings. The third kappa shape index (κ3) is 2.26. The van der Waals surface area contributed by atoms with Crippen LogP contribution in [0.15, 0.2) is 12.1 Å². The first-order valence-electron chi connectivity index (χ1n) is 4.03. The van der Waals surface area contributed by atoms with E-state index in [9.17, 15) is 30.1 Å². The number of carbonyl (C=O) groups excluding carboxylic acids is 1. The number of hydrogen-bond donors (Lipinski definition) is 2. The molecule has 1 amide bonds. The Bertz CT molecular complexity index is 513. The molecule has 0 unspecified atom stereocenters. The van der Waals surface area contributed by atoms with E-state index in [1.54, 1.807) is 5.43 Å². The Kier molecular flexibility index (Phi) is 3.19. The summed E-state index contributed by atoms with van der Waals surface area (Å²) in [5, 5.41) is 32.4. The van der Waals surface area contributed by atoms with Crippen LogP contribution in [0, 0.1) is 20.2 Å². The molecule has 3 N–H and O–H groups in total. The number of hydrogen-bond acceptors (Lipinski definition) is 7. The van der Waals surface area contributed by atoms with Crippen LogP contribution in [0.3, 0.4) is 0 Å². The van der Waals surface area contributed by atoms with E-state index in [0.717, 1.165) is 0 Å². The van der Waals surface area contributed by atoms with Gasteiger partial charge >= 0.3 is 0 Å². The summed E-state index contributed by atoms with van der Waals surface area (Å²) >= 11 is 0. The Morgan fingerprint density at radius 2 is 1.82 bits per heavy atom. The summed E-state index contributed by atoms with van der Waals surface area (Å²) in [6.07, 6.45) is 0. The van der Waals surface area contributed by atoms with Gasteiger partial charge in [0.05, 0.1) is 15.9 Å². The lowest BCUT2D eigenvalue weighted by Crippen LogP contribution is -2.30. The highest BCUT2D eigenvalue weighted by Crippen LogP contribution is 2.31. The second-order valence-corrected chi connectivity index (χ2v) is 2.83. The van der Waals surface area contributed by atoms with Crippen LogP contribution < -0.4 is 16.4 Å². The average Bonchev–Trinajstić information content (AvgIpc) is 2.27. The molecule has 0 bridgehead atoms. The van der Waals surface area contributed by atoms with Gasteiger partial charge in [-0.05, 0) is 5.75 Å². The molecule has 0 atom stereocenters. The lowest BCUT2D eigenvalue weighted by atomic mass is 10.1. The Labute approximate surface area is 92.9 Å². The zero-order chi connectivity index (χ0) is 13.2. The van der Waals surface area contributed by atoms with Crippen LogP contribution in [0.25, 0.3) is 0 Å². The molecule has 0 saturated heterocycles. The van der Waals surface area contributed by atoms with Crippen molar-refractivity contribution in [2.75, 3.05) is 0 Å². The van der Waals surface area contributed by atoms with E-state index < -0.39 is 38.4 Å². The molecule has 0 fully saturated rings. The minimum atomic E-state index is -1.23. The highest BCUT2D eigenvalue weighted by molar-refractivity contribution is 5.98. The predicted octanol–water partition coefficient (Wildman–Crippen LogP) is -0.820. The third-order valence-electron chi connectivity index (χ3n) is 1.84. The van der Waals surface area contributed by atoms with E-state index in [2.05, 4.69) is 0 Å². The second kappa shape index (κ2) is 4.40. The molecular formula is C7H5N4O6-.